The van der Waals surface area contributed by atoms with Gasteiger partial charge in [-0.1, -0.05) is 109 Å². The average molecular weight is 1200 g/mol. The Morgan fingerprint density at radius 1 is 0.386 bits per heavy atom. The van der Waals surface area contributed by atoms with Gasteiger partial charge < -0.3 is 4.74 Å². The molecule has 0 aliphatic heterocycles. The summed E-state index contributed by atoms with van der Waals surface area (Å²) in [4.78, 5) is 16.6. The fourth-order valence-electron chi connectivity index (χ4n) is 8.90. The highest BCUT2D eigenvalue weighted by Gasteiger charge is 2.47. The number of carbonyl (C=O) groups excluding carboxylic acids is 1. The molecule has 5 aromatic carbocycles. The summed E-state index contributed by atoms with van der Waals surface area (Å²) in [6.45, 7) is 0.192. The van der Waals surface area contributed by atoms with E-state index in [0.29, 0.717) is 11.4 Å². The number of fused-ring (bicyclic) bond motifs is 1. The molecule has 438 valence electrons. The first-order valence-electron chi connectivity index (χ1n) is 23.0. The van der Waals surface area contributed by atoms with E-state index in [-0.39, 0.29) is 12.3 Å². The fourth-order valence-corrected chi connectivity index (χ4v) is 8.90. The smallest absolute Gasteiger partial charge is 0.404 e. The van der Waals surface area contributed by atoms with Gasteiger partial charge in [0.2, 0.25) is 12.3 Å². The van der Waals surface area contributed by atoms with Crippen molar-refractivity contribution in [3.8, 4) is 22.8 Å². The first kappa shape index (κ1) is 62.3. The van der Waals surface area contributed by atoms with Crippen molar-refractivity contribution >= 4 is 33.8 Å². The summed E-state index contributed by atoms with van der Waals surface area (Å²) in [7, 11) is 0. The summed E-state index contributed by atoms with van der Waals surface area (Å²) >= 11 is 0. The van der Waals surface area contributed by atoms with Gasteiger partial charge in [0, 0.05) is 5.56 Å². The van der Waals surface area contributed by atoms with Crippen LogP contribution in [0.5, 0.6) is 11.6 Å². The molecule has 83 heavy (non-hydrogen) atoms. The first-order chi connectivity index (χ1) is 38.1. The highest BCUT2D eigenvalue weighted by atomic mass is 19.4. The SMILES string of the molecule is FC(F)(F)c1cc([B-](c2cc(C(F)(F)F)cc(C(F)(F)F)c2)(c2cc(C(F)(F)F)cc(C(F)(F)F)c2)c2cc(C(F)(F)F)cc(C(F)(F)F)c2)cc(C(F)(F)F)c1.O=C(C[n+]1ccncc1Oc1cc2cccccc-2c1)c1ccccc1. The van der Waals surface area contributed by atoms with Gasteiger partial charge in [-0.05, 0) is 47.5 Å². The molecule has 29 heteroatoms. The van der Waals surface area contributed by atoms with Crippen molar-refractivity contribution in [3.63, 3.8) is 0 Å². The van der Waals surface area contributed by atoms with E-state index in [1.165, 1.54) is 0 Å². The van der Waals surface area contributed by atoms with Gasteiger partial charge in [0.25, 0.3) is 0 Å². The molecule has 1 aromatic heterocycles. The molecule has 0 spiro atoms. The van der Waals surface area contributed by atoms with Crippen LogP contribution in [-0.4, -0.2) is 16.9 Å². The molecule has 1 heterocycles. The second-order valence-corrected chi connectivity index (χ2v) is 18.2. The molecule has 0 radical (unpaired) electrons. The molecular weight excluding hydrogens is 1180 g/mol. The van der Waals surface area contributed by atoms with Crippen LogP contribution in [0.1, 0.15) is 54.9 Å². The molecule has 6 aromatic rings. The first-order valence-corrected chi connectivity index (χ1v) is 23.0. The lowest BCUT2D eigenvalue weighted by Gasteiger charge is -2.46. The molecule has 0 fully saturated rings. The fraction of sp³-hybridized carbons (Fsp3) is 0.167. The van der Waals surface area contributed by atoms with E-state index in [1.54, 1.807) is 23.2 Å². The van der Waals surface area contributed by atoms with Crippen LogP contribution >= 0.6 is 0 Å². The third kappa shape index (κ3) is 14.3. The molecule has 0 bridgehead atoms. The zero-order valence-electron chi connectivity index (χ0n) is 40.7. The molecule has 0 unspecified atom stereocenters. The van der Waals surface area contributed by atoms with Crippen LogP contribution in [0.2, 0.25) is 0 Å². The quantitative estimate of drug-likeness (QED) is 0.0626. The Bertz CT molecular complexity index is 3150. The molecule has 4 nitrogen and oxygen atoms in total. The van der Waals surface area contributed by atoms with Crippen LogP contribution < -0.4 is 31.2 Å². The molecule has 0 amide bonds. The van der Waals surface area contributed by atoms with E-state index < -0.39 is 195 Å². The lowest BCUT2D eigenvalue weighted by molar-refractivity contribution is -0.687. The molecule has 2 aliphatic carbocycles. The Morgan fingerprint density at radius 2 is 0.663 bits per heavy atom. The summed E-state index contributed by atoms with van der Waals surface area (Å²) in [6, 6.07) is 14.4. The van der Waals surface area contributed by atoms with Gasteiger partial charge in [-0.2, -0.15) is 132 Å². The number of halogens is 24. The topological polar surface area (TPSA) is 43.1 Å². The van der Waals surface area contributed by atoms with Gasteiger partial charge in [-0.15, -0.1) is 0 Å². The number of hydrogen-bond acceptors (Lipinski definition) is 3. The van der Waals surface area contributed by atoms with E-state index in [0.717, 1.165) is 16.9 Å². The van der Waals surface area contributed by atoms with E-state index in [2.05, 4.69) is 4.98 Å². The predicted molar refractivity (Wildman–Crippen MR) is 248 cm³/mol. The Hall–Kier alpha value is -8.27. The maximum atomic E-state index is 14.2. The summed E-state index contributed by atoms with van der Waals surface area (Å²) < 4.78 is 349. The lowest BCUT2D eigenvalue weighted by atomic mass is 9.12. The van der Waals surface area contributed by atoms with Crippen LogP contribution in [0.15, 0.2) is 164 Å². The second kappa shape index (κ2) is 22.1. The van der Waals surface area contributed by atoms with Gasteiger partial charge in [0.1, 0.15) is 18.1 Å². The number of aromatic nitrogens is 2. The molecule has 2 aliphatic rings. The molecule has 0 atom stereocenters. The molecule has 0 saturated carbocycles. The van der Waals surface area contributed by atoms with Crippen LogP contribution in [0, 0.1) is 0 Å². The number of Topliss-reactive ketones (excluding diaryl/α,β-unsaturated/α-hetero) is 1. The van der Waals surface area contributed by atoms with Gasteiger partial charge >= 0.3 is 55.3 Å². The predicted octanol–water partition coefficient (Wildman–Crippen LogP) is 15.4. The summed E-state index contributed by atoms with van der Waals surface area (Å²) in [5.74, 6) is 1.27. The molecule has 8 rings (SSSR count). The maximum absolute atomic E-state index is 14.2. The van der Waals surface area contributed by atoms with E-state index >= 15 is 0 Å². The van der Waals surface area contributed by atoms with Crippen molar-refractivity contribution in [1.82, 2.24) is 4.98 Å². The van der Waals surface area contributed by atoms with Crippen molar-refractivity contribution in [2.45, 2.75) is 56.0 Å². The van der Waals surface area contributed by atoms with Crippen molar-refractivity contribution in [3.05, 3.63) is 214 Å². The van der Waals surface area contributed by atoms with Gasteiger partial charge in [-0.3, -0.25) is 4.79 Å². The molecule has 0 N–H and O–H groups in total. The standard InChI is InChI=1S/C32H12BF24.C22H17N2O2/c34-25(35,36)13-1-14(26(37,38)39)6-21(5-13)33(22-7-15(27(40,41)42)2-16(8-22)28(43,44)45,23-9-17(29(46,47)48)3-18(10-23)30(49,50)51)24-11-19(31(52,53)54)4-20(12-24)32(55,56)57;25-21(17-7-3-1-4-8-17)16-24-12-11-23-15-22(24)26-20-13-18-9-5-2-6-10-19(18)14-20/h1-12H;1-15H,16H2/q-1;+1. The average Bonchev–Trinajstić information content (AvgIpc) is 1.30. The van der Waals surface area contributed by atoms with Gasteiger partial charge in [-0.25, -0.2) is 4.98 Å². The Morgan fingerprint density at radius 3 is 0.940 bits per heavy atom. The van der Waals surface area contributed by atoms with Gasteiger partial charge in [0.15, 0.2) is 6.20 Å². The van der Waals surface area contributed by atoms with E-state index in [9.17, 15) is 110 Å². The second-order valence-electron chi connectivity index (χ2n) is 18.2. The summed E-state index contributed by atoms with van der Waals surface area (Å²) in [5.41, 5.74) is -27.3. The van der Waals surface area contributed by atoms with Crippen molar-refractivity contribution < 1.29 is 119 Å². The maximum Gasteiger partial charge on any atom is 0.416 e. The largest absolute Gasteiger partial charge is 0.416 e. The minimum absolute atomic E-state index is 0.0198. The number of hydrogen-bond donors (Lipinski definition) is 0. The Balaban J connectivity index is 0.000000313. The van der Waals surface area contributed by atoms with Crippen LogP contribution in [0.3, 0.4) is 0 Å². The lowest BCUT2D eigenvalue weighted by Crippen LogP contribution is -2.75. The van der Waals surface area contributed by atoms with Crippen molar-refractivity contribution in [1.29, 1.82) is 0 Å². The van der Waals surface area contributed by atoms with Crippen LogP contribution in [0.4, 0.5) is 105 Å². The number of ketones is 1. The third-order valence-electron chi connectivity index (χ3n) is 12.6. The van der Waals surface area contributed by atoms with Gasteiger partial charge in [0.05, 0.1) is 50.7 Å². The van der Waals surface area contributed by atoms with E-state index in [1.807, 2.05) is 72.8 Å². The van der Waals surface area contributed by atoms with Crippen molar-refractivity contribution in [2.24, 2.45) is 0 Å². The highest BCUT2D eigenvalue weighted by Crippen LogP contribution is 2.42. The summed E-state index contributed by atoms with van der Waals surface area (Å²) in [6.07, 6.45) is -49.8. The number of nitrogens with zero attached hydrogens (tertiary/aromatic N) is 2. The number of carbonyl (C=O) groups is 1. The third-order valence-corrected chi connectivity index (χ3v) is 12.6. The number of benzene rings is 5. The number of rotatable bonds is 9. The van der Waals surface area contributed by atoms with Crippen LogP contribution in [0.25, 0.3) is 11.1 Å². The summed E-state index contributed by atoms with van der Waals surface area (Å²) in [5, 5.41) is 0. The van der Waals surface area contributed by atoms with Crippen molar-refractivity contribution in [2.75, 3.05) is 0 Å². The normalized spacial score (nSPS) is 13.2. The Labute approximate surface area is 450 Å². The minimum Gasteiger partial charge on any atom is -0.404 e. The monoisotopic (exact) mass is 1200 g/mol. The molecular formula is C54H29BF24N2O2. The Kier molecular flexibility index (Phi) is 16.6. The number of alkyl halides is 24. The van der Waals surface area contributed by atoms with E-state index in [4.69, 9.17) is 4.74 Å². The number of ether oxygens (including phenoxy) is 1. The highest BCUT2D eigenvalue weighted by molar-refractivity contribution is 7.20. The molecule has 0 saturated heterocycles. The zero-order chi connectivity index (χ0) is 61.7. The zero-order valence-corrected chi connectivity index (χ0v) is 40.7. The van der Waals surface area contributed by atoms with Crippen LogP contribution in [-0.2, 0) is 56.0 Å². The minimum atomic E-state index is -6.13.